The number of carbonyl (C=O) groups excluding carboxylic acids is 4. The lowest BCUT2D eigenvalue weighted by Gasteiger charge is -2.28. The van der Waals surface area contributed by atoms with Crippen molar-refractivity contribution in [1.29, 1.82) is 0 Å². The maximum absolute atomic E-state index is 12.4. The Labute approximate surface area is 158 Å². The molecule has 1 amide bonds. The van der Waals surface area contributed by atoms with Crippen LogP contribution in [-0.2, 0) is 23.8 Å². The molecule has 0 saturated carbocycles. The Bertz CT molecular complexity index is 607. The Kier molecular flexibility index (Phi) is 6.95. The number of ketones is 1. The van der Waals surface area contributed by atoms with Gasteiger partial charge in [-0.2, -0.15) is 0 Å². The van der Waals surface area contributed by atoms with Crippen molar-refractivity contribution in [3.63, 3.8) is 0 Å². The minimum Gasteiger partial charge on any atom is -0.444 e. The summed E-state index contributed by atoms with van der Waals surface area (Å²) in [5, 5.41) is 5.02. The van der Waals surface area contributed by atoms with Crippen LogP contribution in [0.3, 0.4) is 0 Å². The van der Waals surface area contributed by atoms with Gasteiger partial charge in [0.2, 0.25) is 0 Å². The number of hydrogen-bond acceptors (Lipinski definition) is 9. The smallest absolute Gasteiger partial charge is 0.444 e. The molecule has 1 aliphatic heterocycles. The maximum atomic E-state index is 12.4. The molecule has 1 unspecified atom stereocenters. The van der Waals surface area contributed by atoms with Crippen LogP contribution in [-0.4, -0.2) is 54.0 Å². The van der Waals surface area contributed by atoms with Gasteiger partial charge in [-0.1, -0.05) is 0 Å². The quantitative estimate of drug-likeness (QED) is 0.471. The predicted molar refractivity (Wildman–Crippen MR) is 94.6 cm³/mol. The van der Waals surface area contributed by atoms with Crippen molar-refractivity contribution < 1.29 is 33.4 Å². The molecule has 0 aromatic rings. The fraction of sp³-hybridized carbons (Fsp3) is 0.765. The number of nitrogens with two attached hydrogens (primary N) is 1. The average Bonchev–Trinajstić information content (AvgIpc) is 2.84. The second-order valence-corrected chi connectivity index (χ2v) is 8.31. The van der Waals surface area contributed by atoms with Crippen molar-refractivity contribution >= 4 is 24.0 Å². The third-order valence-electron chi connectivity index (χ3n) is 3.50. The third kappa shape index (κ3) is 7.14. The van der Waals surface area contributed by atoms with E-state index in [1.807, 2.05) is 0 Å². The first-order valence-corrected chi connectivity index (χ1v) is 8.63. The van der Waals surface area contributed by atoms with E-state index >= 15 is 0 Å². The lowest BCUT2D eigenvalue weighted by molar-refractivity contribution is -0.152. The van der Waals surface area contributed by atoms with Gasteiger partial charge in [0, 0.05) is 0 Å². The van der Waals surface area contributed by atoms with Crippen molar-refractivity contribution in [3.05, 3.63) is 0 Å². The highest BCUT2D eigenvalue weighted by atomic mass is 16.7. The zero-order valence-corrected chi connectivity index (χ0v) is 16.6. The number of carbonyl (C=O) groups is 4. The van der Waals surface area contributed by atoms with E-state index < -0.39 is 46.8 Å². The molecule has 4 N–H and O–H groups in total. The van der Waals surface area contributed by atoms with E-state index in [0.717, 1.165) is 0 Å². The topological polar surface area (TPSA) is 146 Å². The summed E-state index contributed by atoms with van der Waals surface area (Å²) in [6.45, 7) is 9.79. The summed E-state index contributed by atoms with van der Waals surface area (Å²) in [5.41, 5.74) is 2.56. The molecule has 1 saturated heterocycles. The van der Waals surface area contributed by atoms with Crippen molar-refractivity contribution in [2.24, 2.45) is 11.7 Å². The lowest BCUT2D eigenvalue weighted by atomic mass is 9.90. The van der Waals surface area contributed by atoms with Gasteiger partial charge in [0.25, 0.3) is 0 Å². The van der Waals surface area contributed by atoms with Gasteiger partial charge in [-0.05, 0) is 54.5 Å². The van der Waals surface area contributed by atoms with Gasteiger partial charge >= 0.3 is 18.2 Å². The van der Waals surface area contributed by atoms with Crippen molar-refractivity contribution in [2.75, 3.05) is 13.1 Å². The molecule has 0 aromatic heterocycles. The van der Waals surface area contributed by atoms with Crippen LogP contribution in [0.25, 0.3) is 0 Å². The van der Waals surface area contributed by atoms with E-state index in [2.05, 4.69) is 15.4 Å². The van der Waals surface area contributed by atoms with Crippen molar-refractivity contribution in [2.45, 2.75) is 64.8 Å². The number of ether oxygens (including phenoxy) is 3. The largest absolute Gasteiger partial charge is 0.516 e. The first-order chi connectivity index (χ1) is 12.1. The molecule has 0 aliphatic carbocycles. The minimum atomic E-state index is -1.89. The monoisotopic (exact) mass is 387 g/mol. The molecule has 0 spiro atoms. The number of rotatable bonds is 4. The summed E-state index contributed by atoms with van der Waals surface area (Å²) in [6, 6.07) is 0. The van der Waals surface area contributed by atoms with Crippen molar-refractivity contribution in [3.8, 4) is 0 Å². The molecule has 0 aromatic carbocycles. The second kappa shape index (κ2) is 8.22. The van der Waals surface area contributed by atoms with Gasteiger partial charge < -0.3 is 25.3 Å². The van der Waals surface area contributed by atoms with Gasteiger partial charge in [-0.15, -0.1) is 0 Å². The minimum absolute atomic E-state index is 0.245. The summed E-state index contributed by atoms with van der Waals surface area (Å²) >= 11 is 0. The summed E-state index contributed by atoms with van der Waals surface area (Å²) in [4.78, 5) is 48.1. The van der Waals surface area contributed by atoms with E-state index in [0.29, 0.717) is 0 Å². The summed E-state index contributed by atoms with van der Waals surface area (Å²) in [5.74, 6) is -2.60. The van der Waals surface area contributed by atoms with E-state index in [4.69, 9.17) is 15.2 Å². The number of hydrogen-bond donors (Lipinski definition) is 3. The molecule has 10 nitrogen and oxygen atoms in total. The Morgan fingerprint density at radius 2 is 1.63 bits per heavy atom. The number of amides is 1. The summed E-state index contributed by atoms with van der Waals surface area (Å²) in [7, 11) is 0. The third-order valence-corrected chi connectivity index (χ3v) is 3.50. The molecule has 1 aliphatic rings. The molecule has 0 bridgehead atoms. The molecular weight excluding hydrogens is 358 g/mol. The highest BCUT2D eigenvalue weighted by molar-refractivity contribution is 5.96. The molecular formula is C17H29N3O7. The fourth-order valence-corrected chi connectivity index (χ4v) is 2.43. The van der Waals surface area contributed by atoms with Gasteiger partial charge in [-0.3, -0.25) is 10.1 Å². The molecule has 154 valence electrons. The highest BCUT2D eigenvalue weighted by Gasteiger charge is 2.51. The van der Waals surface area contributed by atoms with Crippen LogP contribution >= 0.6 is 0 Å². The Balaban J connectivity index is 2.69. The van der Waals surface area contributed by atoms with Gasteiger partial charge in [0.1, 0.15) is 11.2 Å². The van der Waals surface area contributed by atoms with Crippen LogP contribution in [0, 0.1) is 5.92 Å². The summed E-state index contributed by atoms with van der Waals surface area (Å²) in [6.07, 6.45) is -1.72. The van der Waals surface area contributed by atoms with E-state index in [-0.39, 0.29) is 19.5 Å². The van der Waals surface area contributed by atoms with E-state index in [1.54, 1.807) is 41.5 Å². The SMILES string of the molecule is CC(C)(C)OC(=O)NCC(=O)C1CCN[C@]1(N)C(=O)OC(=O)OC(C)(C)C. The fourth-order valence-electron chi connectivity index (χ4n) is 2.43. The van der Waals surface area contributed by atoms with Crippen LogP contribution in [0.5, 0.6) is 0 Å². The summed E-state index contributed by atoms with van der Waals surface area (Å²) < 4.78 is 14.6. The van der Waals surface area contributed by atoms with Gasteiger partial charge in [-0.25, -0.2) is 14.4 Å². The Morgan fingerprint density at radius 1 is 1.07 bits per heavy atom. The number of Topliss-reactive ketones (excluding diaryl/α,β-unsaturated/α-hetero) is 1. The van der Waals surface area contributed by atoms with Crippen LogP contribution < -0.4 is 16.4 Å². The number of nitrogens with one attached hydrogen (secondary N) is 2. The van der Waals surface area contributed by atoms with E-state index in [1.165, 1.54) is 0 Å². The van der Waals surface area contributed by atoms with Crippen LogP contribution in [0.1, 0.15) is 48.0 Å². The predicted octanol–water partition coefficient (Wildman–Crippen LogP) is 0.823. The molecule has 27 heavy (non-hydrogen) atoms. The standard InChI is InChI=1S/C17H29N3O7/c1-15(2,3)26-13(23)19-9-11(21)10-7-8-20-17(10,18)12(22)25-14(24)27-16(4,5)6/h10,20H,7-9,18H2,1-6H3,(H,19,23)/t10?,17-/m0/s1. The number of esters is 1. The van der Waals surface area contributed by atoms with Crippen LogP contribution in [0.4, 0.5) is 9.59 Å². The second-order valence-electron chi connectivity index (χ2n) is 8.31. The average molecular weight is 387 g/mol. The zero-order valence-electron chi connectivity index (χ0n) is 16.6. The Hall–Kier alpha value is -2.20. The van der Waals surface area contributed by atoms with Crippen molar-refractivity contribution in [1.82, 2.24) is 10.6 Å². The molecule has 2 atom stereocenters. The lowest BCUT2D eigenvalue weighted by Crippen LogP contribution is -2.63. The molecule has 10 heteroatoms. The molecule has 0 radical (unpaired) electrons. The van der Waals surface area contributed by atoms with Gasteiger partial charge in [0.15, 0.2) is 11.4 Å². The van der Waals surface area contributed by atoms with Crippen LogP contribution in [0.2, 0.25) is 0 Å². The van der Waals surface area contributed by atoms with E-state index in [9.17, 15) is 19.2 Å². The molecule has 1 heterocycles. The first-order valence-electron chi connectivity index (χ1n) is 8.63. The van der Waals surface area contributed by atoms with Gasteiger partial charge in [0.05, 0.1) is 12.5 Å². The zero-order chi connectivity index (χ0) is 21.0. The number of alkyl carbamates (subject to hydrolysis) is 1. The molecule has 1 fully saturated rings. The highest BCUT2D eigenvalue weighted by Crippen LogP contribution is 2.25. The normalized spacial score (nSPS) is 22.7. The molecule has 1 rings (SSSR count). The first kappa shape index (κ1) is 22.8. The Morgan fingerprint density at radius 3 is 2.15 bits per heavy atom. The maximum Gasteiger partial charge on any atom is 0.516 e. The van der Waals surface area contributed by atoms with Crippen LogP contribution in [0.15, 0.2) is 0 Å².